The summed E-state index contributed by atoms with van der Waals surface area (Å²) < 4.78 is 27.6. The predicted molar refractivity (Wildman–Crippen MR) is 112 cm³/mol. The minimum Gasteiger partial charge on any atom is -0.329 e. The van der Waals surface area contributed by atoms with E-state index in [0.29, 0.717) is 6.54 Å². The van der Waals surface area contributed by atoms with Crippen molar-refractivity contribution >= 4 is 38.6 Å². The van der Waals surface area contributed by atoms with Crippen molar-refractivity contribution in [1.82, 2.24) is 9.62 Å². The van der Waals surface area contributed by atoms with Gasteiger partial charge in [0.2, 0.25) is 15.9 Å². The maximum absolute atomic E-state index is 13.0. The number of hydrogen-bond donors (Lipinski definition) is 1. The highest BCUT2D eigenvalue weighted by Gasteiger charge is 2.33. The number of thiophene rings is 2. The molecule has 3 heterocycles. The summed E-state index contributed by atoms with van der Waals surface area (Å²) in [6, 6.07) is 13.6. The number of amides is 1. The minimum absolute atomic E-state index is 0.0461. The average Bonchev–Trinajstić information content (AvgIpc) is 3.43. The van der Waals surface area contributed by atoms with E-state index in [2.05, 4.69) is 4.72 Å². The molecule has 1 N–H and O–H groups in total. The van der Waals surface area contributed by atoms with E-state index in [-0.39, 0.29) is 29.0 Å². The average molecular weight is 444 g/mol. The van der Waals surface area contributed by atoms with E-state index in [1.54, 1.807) is 39.7 Å². The number of hydrogen-bond acceptors (Lipinski definition) is 6. The van der Waals surface area contributed by atoms with Crippen LogP contribution in [0.2, 0.25) is 0 Å². The molecule has 0 fully saturated rings. The van der Waals surface area contributed by atoms with Crippen molar-refractivity contribution in [3.8, 4) is 6.07 Å². The maximum Gasteiger partial charge on any atom is 0.242 e. The Hall–Kier alpha value is -2.51. The van der Waals surface area contributed by atoms with Gasteiger partial charge < -0.3 is 4.90 Å². The zero-order valence-electron chi connectivity index (χ0n) is 15.2. The van der Waals surface area contributed by atoms with Gasteiger partial charge in [-0.3, -0.25) is 4.79 Å². The van der Waals surface area contributed by atoms with E-state index in [1.165, 1.54) is 17.0 Å². The van der Waals surface area contributed by atoms with Crippen LogP contribution in [-0.4, -0.2) is 32.3 Å². The monoisotopic (exact) mass is 443 g/mol. The fraction of sp³-hybridized carbons (Fsp3) is 0.200. The van der Waals surface area contributed by atoms with Gasteiger partial charge in [-0.15, -0.1) is 22.7 Å². The fourth-order valence-electron chi connectivity index (χ4n) is 3.47. The van der Waals surface area contributed by atoms with Crippen LogP contribution in [0.15, 0.2) is 58.1 Å². The highest BCUT2D eigenvalue weighted by molar-refractivity contribution is 7.89. The number of benzene rings is 1. The van der Waals surface area contributed by atoms with Gasteiger partial charge in [0, 0.05) is 16.3 Å². The first-order valence-electron chi connectivity index (χ1n) is 8.89. The summed E-state index contributed by atoms with van der Waals surface area (Å²) >= 11 is 3.26. The Kier molecular flexibility index (Phi) is 5.52. The van der Waals surface area contributed by atoms with Gasteiger partial charge in [-0.25, -0.2) is 13.1 Å². The van der Waals surface area contributed by atoms with Crippen LogP contribution in [-0.2, 0) is 21.2 Å². The third-order valence-electron chi connectivity index (χ3n) is 4.81. The van der Waals surface area contributed by atoms with Gasteiger partial charge in [0.05, 0.1) is 23.0 Å². The molecule has 1 aliphatic rings. The van der Waals surface area contributed by atoms with Crippen molar-refractivity contribution in [3.05, 3.63) is 74.1 Å². The molecular weight excluding hydrogens is 426 g/mol. The van der Waals surface area contributed by atoms with Crippen molar-refractivity contribution in [2.24, 2.45) is 0 Å². The third-order valence-corrected chi connectivity index (χ3v) is 8.19. The molecular formula is C20H17N3O3S3. The number of fused-ring (bicyclic) bond motifs is 1. The van der Waals surface area contributed by atoms with Gasteiger partial charge >= 0.3 is 0 Å². The van der Waals surface area contributed by atoms with Gasteiger partial charge in [0.15, 0.2) is 0 Å². The van der Waals surface area contributed by atoms with E-state index in [1.807, 2.05) is 35.0 Å². The summed E-state index contributed by atoms with van der Waals surface area (Å²) in [6.45, 7) is 0.175. The number of nitrogens with zero attached hydrogens (tertiary/aromatic N) is 2. The summed E-state index contributed by atoms with van der Waals surface area (Å²) in [5, 5.41) is 13.2. The van der Waals surface area contributed by atoms with Crippen LogP contribution in [0.25, 0.3) is 0 Å². The zero-order chi connectivity index (χ0) is 20.4. The second kappa shape index (κ2) is 8.08. The van der Waals surface area contributed by atoms with Crippen LogP contribution in [0.3, 0.4) is 0 Å². The Morgan fingerprint density at radius 2 is 2.00 bits per heavy atom. The van der Waals surface area contributed by atoms with Crippen LogP contribution in [0.1, 0.15) is 26.9 Å². The number of nitrogens with one attached hydrogen (secondary N) is 1. The molecule has 4 rings (SSSR count). The van der Waals surface area contributed by atoms with Gasteiger partial charge in [-0.05, 0) is 47.0 Å². The lowest BCUT2D eigenvalue weighted by Crippen LogP contribution is -2.45. The fourth-order valence-corrected chi connectivity index (χ4v) is 6.36. The van der Waals surface area contributed by atoms with Gasteiger partial charge in [0.1, 0.15) is 6.07 Å². The predicted octanol–water partition coefficient (Wildman–Crippen LogP) is 3.13. The van der Waals surface area contributed by atoms with Crippen molar-refractivity contribution in [2.75, 3.05) is 13.1 Å². The van der Waals surface area contributed by atoms with Crippen LogP contribution in [0.4, 0.5) is 0 Å². The first kappa shape index (κ1) is 19.8. The normalized spacial score (nSPS) is 16.2. The molecule has 29 heavy (non-hydrogen) atoms. The quantitative estimate of drug-likeness (QED) is 0.656. The molecule has 9 heteroatoms. The molecule has 3 aromatic rings. The first-order chi connectivity index (χ1) is 14.0. The highest BCUT2D eigenvalue weighted by Crippen LogP contribution is 2.39. The largest absolute Gasteiger partial charge is 0.329 e. The molecule has 1 aromatic carbocycles. The molecule has 1 amide bonds. The second-order valence-corrected chi connectivity index (χ2v) is 10.2. The van der Waals surface area contributed by atoms with Gasteiger partial charge in [-0.1, -0.05) is 18.2 Å². The Morgan fingerprint density at radius 3 is 2.76 bits per heavy atom. The maximum atomic E-state index is 13.0. The van der Waals surface area contributed by atoms with Crippen molar-refractivity contribution in [3.63, 3.8) is 0 Å². The van der Waals surface area contributed by atoms with Crippen molar-refractivity contribution < 1.29 is 13.2 Å². The lowest BCUT2D eigenvalue weighted by Gasteiger charge is -2.35. The number of rotatable bonds is 5. The van der Waals surface area contributed by atoms with Crippen molar-refractivity contribution in [2.45, 2.75) is 17.4 Å². The summed E-state index contributed by atoms with van der Waals surface area (Å²) in [5.74, 6) is -0.293. The molecule has 148 valence electrons. The van der Waals surface area contributed by atoms with Crippen LogP contribution < -0.4 is 4.72 Å². The minimum atomic E-state index is -3.97. The molecule has 0 aliphatic carbocycles. The van der Waals surface area contributed by atoms with E-state index >= 15 is 0 Å². The first-order valence-corrected chi connectivity index (χ1v) is 12.1. The number of sulfonamides is 1. The molecule has 0 saturated carbocycles. The van der Waals surface area contributed by atoms with Crippen LogP contribution in [0, 0.1) is 11.3 Å². The molecule has 0 saturated heterocycles. The number of carbonyl (C=O) groups excluding carboxylic acids is 1. The van der Waals surface area contributed by atoms with Gasteiger partial charge in [-0.2, -0.15) is 5.26 Å². The zero-order valence-corrected chi connectivity index (χ0v) is 17.7. The molecule has 6 nitrogen and oxygen atoms in total. The van der Waals surface area contributed by atoms with E-state index in [4.69, 9.17) is 5.26 Å². The third kappa shape index (κ3) is 3.84. The van der Waals surface area contributed by atoms with E-state index in [0.717, 1.165) is 16.9 Å². The summed E-state index contributed by atoms with van der Waals surface area (Å²) in [6.07, 6.45) is 0.755. The Morgan fingerprint density at radius 1 is 1.17 bits per heavy atom. The standard InChI is InChI=1S/C20H17N3O3S3/c21-12-14-4-1-2-6-18(14)29(25,26)22-13-19(24)23-9-7-16-15(8-11-28-16)20(23)17-5-3-10-27-17/h1-6,8,10-11,20,22H,7,9,13H2/t20-/m1/s1. The summed E-state index contributed by atoms with van der Waals surface area (Å²) in [4.78, 5) is 16.9. The molecule has 0 unspecified atom stereocenters. The Balaban J connectivity index is 1.56. The number of nitriles is 1. The van der Waals surface area contributed by atoms with E-state index < -0.39 is 10.0 Å². The summed E-state index contributed by atoms with van der Waals surface area (Å²) in [7, 11) is -3.97. The number of carbonyl (C=O) groups is 1. The lowest BCUT2D eigenvalue weighted by molar-refractivity contribution is -0.131. The van der Waals surface area contributed by atoms with Crippen LogP contribution in [0.5, 0.6) is 0 Å². The second-order valence-electron chi connectivity index (χ2n) is 6.49. The Labute approximate surface area is 177 Å². The van der Waals surface area contributed by atoms with E-state index in [9.17, 15) is 13.2 Å². The highest BCUT2D eigenvalue weighted by atomic mass is 32.2. The lowest BCUT2D eigenvalue weighted by atomic mass is 9.98. The Bertz CT molecular complexity index is 1180. The van der Waals surface area contributed by atoms with Gasteiger partial charge in [0.25, 0.3) is 0 Å². The molecule has 0 spiro atoms. The topological polar surface area (TPSA) is 90.3 Å². The summed E-state index contributed by atoms with van der Waals surface area (Å²) in [5.41, 5.74) is 1.15. The molecule has 1 aliphatic heterocycles. The molecule has 0 radical (unpaired) electrons. The smallest absolute Gasteiger partial charge is 0.242 e. The van der Waals surface area contributed by atoms with Crippen molar-refractivity contribution in [1.29, 1.82) is 5.26 Å². The molecule has 1 atom stereocenters. The SMILES string of the molecule is N#Cc1ccccc1S(=O)(=O)NCC(=O)N1CCc2sccc2[C@@H]1c1cccs1. The molecule has 0 bridgehead atoms. The van der Waals surface area contributed by atoms with Crippen LogP contribution >= 0.6 is 22.7 Å². The molecule has 2 aromatic heterocycles.